The van der Waals surface area contributed by atoms with E-state index in [9.17, 15) is 5.11 Å². The van der Waals surface area contributed by atoms with Crippen LogP contribution >= 0.6 is 0 Å². The summed E-state index contributed by atoms with van der Waals surface area (Å²) in [5, 5.41) is 9.93. The van der Waals surface area contributed by atoms with Crippen LogP contribution < -0.4 is 0 Å². The van der Waals surface area contributed by atoms with Crippen LogP contribution in [0.2, 0.25) is 0 Å². The molecule has 0 aromatic rings. The Morgan fingerprint density at radius 3 is 2.50 bits per heavy atom. The zero-order chi connectivity index (χ0) is 11.4. The second-order valence-corrected chi connectivity index (χ2v) is 5.68. The van der Waals surface area contributed by atoms with Gasteiger partial charge >= 0.3 is 0 Å². The van der Waals surface area contributed by atoms with Gasteiger partial charge in [0.15, 0.2) is 0 Å². The second kappa shape index (κ2) is 6.02. The van der Waals surface area contributed by atoms with Crippen molar-refractivity contribution in [1.82, 2.24) is 0 Å². The molecular weight excluding hydrogens is 200 g/mol. The maximum atomic E-state index is 9.93. The minimum atomic E-state index is -0.204. The van der Waals surface area contributed by atoms with Gasteiger partial charge in [0.2, 0.25) is 0 Å². The van der Waals surface area contributed by atoms with Crippen molar-refractivity contribution in [3.8, 4) is 0 Å². The molecule has 2 aliphatic carbocycles. The number of rotatable bonds is 4. The molecule has 2 nitrogen and oxygen atoms in total. The van der Waals surface area contributed by atoms with Gasteiger partial charge in [0.05, 0.1) is 12.2 Å². The van der Waals surface area contributed by atoms with Gasteiger partial charge in [0.25, 0.3) is 0 Å². The summed E-state index contributed by atoms with van der Waals surface area (Å²) in [7, 11) is 0. The lowest BCUT2D eigenvalue weighted by Crippen LogP contribution is -2.36. The van der Waals surface area contributed by atoms with Gasteiger partial charge in [-0.25, -0.2) is 0 Å². The Labute approximate surface area is 99.4 Å². The fourth-order valence-corrected chi connectivity index (χ4v) is 3.18. The molecule has 1 N–H and O–H groups in total. The number of aliphatic hydroxyl groups is 1. The Morgan fingerprint density at radius 2 is 1.81 bits per heavy atom. The molecule has 0 heterocycles. The van der Waals surface area contributed by atoms with E-state index < -0.39 is 0 Å². The summed E-state index contributed by atoms with van der Waals surface area (Å²) >= 11 is 0. The highest BCUT2D eigenvalue weighted by atomic mass is 16.5. The topological polar surface area (TPSA) is 29.5 Å². The van der Waals surface area contributed by atoms with E-state index in [0.717, 1.165) is 31.3 Å². The molecule has 0 bridgehead atoms. The highest BCUT2D eigenvalue weighted by Crippen LogP contribution is 2.31. The third-order valence-electron chi connectivity index (χ3n) is 4.46. The van der Waals surface area contributed by atoms with Gasteiger partial charge in [0, 0.05) is 6.61 Å². The lowest BCUT2D eigenvalue weighted by Gasteiger charge is -2.33. The van der Waals surface area contributed by atoms with Crippen LogP contribution in [0.3, 0.4) is 0 Å². The van der Waals surface area contributed by atoms with E-state index in [1.54, 1.807) is 0 Å². The van der Waals surface area contributed by atoms with Crippen LogP contribution in [0.15, 0.2) is 0 Å². The highest BCUT2D eigenvalue weighted by Gasteiger charge is 2.29. The van der Waals surface area contributed by atoms with Gasteiger partial charge in [-0.2, -0.15) is 0 Å². The molecule has 0 aromatic heterocycles. The molecule has 2 aliphatic rings. The fraction of sp³-hybridized carbons (Fsp3) is 1.00. The first-order valence-corrected chi connectivity index (χ1v) is 7.09. The van der Waals surface area contributed by atoms with Crippen molar-refractivity contribution in [2.45, 2.75) is 70.5 Å². The third kappa shape index (κ3) is 3.21. The standard InChI is InChI=1S/C14H26O2/c1-2-11-7-8-13(15)14(9-11)16-10-12-5-3-4-6-12/h11-15H,2-10H2,1H3. The van der Waals surface area contributed by atoms with Crippen molar-refractivity contribution >= 4 is 0 Å². The average Bonchev–Trinajstić information content (AvgIpc) is 2.81. The highest BCUT2D eigenvalue weighted by molar-refractivity contribution is 4.80. The van der Waals surface area contributed by atoms with Crippen LogP contribution in [0.5, 0.6) is 0 Å². The maximum absolute atomic E-state index is 9.93. The average molecular weight is 226 g/mol. The summed E-state index contributed by atoms with van der Waals surface area (Å²) in [5.74, 6) is 1.55. The summed E-state index contributed by atoms with van der Waals surface area (Å²) in [5.41, 5.74) is 0. The number of ether oxygens (including phenoxy) is 1. The smallest absolute Gasteiger partial charge is 0.0836 e. The quantitative estimate of drug-likeness (QED) is 0.798. The van der Waals surface area contributed by atoms with Gasteiger partial charge < -0.3 is 9.84 Å². The predicted octanol–water partition coefficient (Wildman–Crippen LogP) is 3.13. The van der Waals surface area contributed by atoms with Crippen LogP contribution in [0, 0.1) is 11.8 Å². The molecule has 0 spiro atoms. The van der Waals surface area contributed by atoms with E-state index in [4.69, 9.17) is 4.74 Å². The number of hydrogen-bond donors (Lipinski definition) is 1. The predicted molar refractivity (Wildman–Crippen MR) is 65.3 cm³/mol. The Hall–Kier alpha value is -0.0800. The first kappa shape index (κ1) is 12.4. The van der Waals surface area contributed by atoms with E-state index in [0.29, 0.717) is 0 Å². The van der Waals surface area contributed by atoms with Crippen LogP contribution in [0.4, 0.5) is 0 Å². The van der Waals surface area contributed by atoms with Gasteiger partial charge in [-0.15, -0.1) is 0 Å². The van der Waals surface area contributed by atoms with Gasteiger partial charge in [0.1, 0.15) is 0 Å². The lowest BCUT2D eigenvalue weighted by molar-refractivity contribution is -0.0805. The summed E-state index contributed by atoms with van der Waals surface area (Å²) in [4.78, 5) is 0. The molecule has 2 fully saturated rings. The maximum Gasteiger partial charge on any atom is 0.0836 e. The molecule has 16 heavy (non-hydrogen) atoms. The Bertz CT molecular complexity index is 199. The Kier molecular flexibility index (Phi) is 4.66. The van der Waals surface area contributed by atoms with Crippen molar-refractivity contribution in [3.63, 3.8) is 0 Å². The normalized spacial score (nSPS) is 36.8. The summed E-state index contributed by atoms with van der Waals surface area (Å²) < 4.78 is 5.96. The minimum Gasteiger partial charge on any atom is -0.390 e. The van der Waals surface area contributed by atoms with Gasteiger partial charge in [-0.3, -0.25) is 0 Å². The lowest BCUT2D eigenvalue weighted by atomic mass is 9.84. The minimum absolute atomic E-state index is 0.124. The third-order valence-corrected chi connectivity index (χ3v) is 4.46. The molecule has 3 atom stereocenters. The zero-order valence-corrected chi connectivity index (χ0v) is 10.5. The van der Waals surface area contributed by atoms with Crippen molar-refractivity contribution in [2.75, 3.05) is 6.61 Å². The van der Waals surface area contributed by atoms with E-state index in [1.807, 2.05) is 0 Å². The molecule has 3 unspecified atom stereocenters. The molecule has 0 radical (unpaired) electrons. The number of hydrogen-bond acceptors (Lipinski definition) is 2. The van der Waals surface area contributed by atoms with E-state index >= 15 is 0 Å². The van der Waals surface area contributed by atoms with Gasteiger partial charge in [-0.1, -0.05) is 26.2 Å². The van der Waals surface area contributed by atoms with Crippen LogP contribution in [0.1, 0.15) is 58.3 Å². The van der Waals surface area contributed by atoms with E-state index in [2.05, 4.69) is 6.92 Å². The van der Waals surface area contributed by atoms with Crippen molar-refractivity contribution in [1.29, 1.82) is 0 Å². The van der Waals surface area contributed by atoms with Gasteiger partial charge in [-0.05, 0) is 43.9 Å². The van der Waals surface area contributed by atoms with Crippen molar-refractivity contribution in [3.05, 3.63) is 0 Å². The molecule has 0 aromatic carbocycles. The first-order valence-electron chi connectivity index (χ1n) is 7.09. The van der Waals surface area contributed by atoms with Crippen LogP contribution in [-0.4, -0.2) is 23.9 Å². The molecule has 0 amide bonds. The summed E-state index contributed by atoms with van der Waals surface area (Å²) in [6, 6.07) is 0. The molecule has 2 heteroatoms. The first-order chi connectivity index (χ1) is 7.79. The molecule has 0 saturated heterocycles. The molecule has 94 valence electrons. The Balaban J connectivity index is 1.73. The number of aliphatic hydroxyl groups excluding tert-OH is 1. The van der Waals surface area contributed by atoms with Crippen LogP contribution in [0.25, 0.3) is 0 Å². The second-order valence-electron chi connectivity index (χ2n) is 5.68. The summed E-state index contributed by atoms with van der Waals surface area (Å²) in [6.07, 6.45) is 9.76. The molecular formula is C14H26O2. The summed E-state index contributed by atoms with van der Waals surface area (Å²) in [6.45, 7) is 3.13. The Morgan fingerprint density at radius 1 is 1.06 bits per heavy atom. The largest absolute Gasteiger partial charge is 0.390 e. The van der Waals surface area contributed by atoms with Crippen molar-refractivity contribution in [2.24, 2.45) is 11.8 Å². The molecule has 2 rings (SSSR count). The van der Waals surface area contributed by atoms with E-state index in [1.165, 1.54) is 38.5 Å². The SMILES string of the molecule is CCC1CCC(O)C(OCC2CCCC2)C1. The fourth-order valence-electron chi connectivity index (χ4n) is 3.18. The molecule has 2 saturated carbocycles. The van der Waals surface area contributed by atoms with Crippen LogP contribution in [-0.2, 0) is 4.74 Å². The van der Waals surface area contributed by atoms with E-state index in [-0.39, 0.29) is 12.2 Å². The monoisotopic (exact) mass is 226 g/mol. The van der Waals surface area contributed by atoms with Crippen molar-refractivity contribution < 1.29 is 9.84 Å². The molecule has 0 aliphatic heterocycles. The zero-order valence-electron chi connectivity index (χ0n) is 10.5.